The highest BCUT2D eigenvalue weighted by Crippen LogP contribution is 2.16. The first kappa shape index (κ1) is 23.3. The molecule has 2 heterocycles. The highest BCUT2D eigenvalue weighted by atomic mass is 127. The Hall–Kier alpha value is -2.96. The average molecular weight is 524 g/mol. The van der Waals surface area contributed by atoms with Gasteiger partial charge in [-0.3, -0.25) is 19.8 Å². The maximum absolute atomic E-state index is 10.7. The van der Waals surface area contributed by atoms with Gasteiger partial charge in [-0.15, -0.1) is 24.0 Å². The summed E-state index contributed by atoms with van der Waals surface area (Å²) in [6.07, 6.45) is 4.47. The van der Waals surface area contributed by atoms with Crippen LogP contribution in [0.15, 0.2) is 53.9 Å². The first-order valence-corrected chi connectivity index (χ1v) is 9.32. The van der Waals surface area contributed by atoms with Crippen LogP contribution < -0.4 is 5.32 Å². The lowest BCUT2D eigenvalue weighted by Gasteiger charge is -2.21. The zero-order chi connectivity index (χ0) is 20.6. The van der Waals surface area contributed by atoms with Crippen LogP contribution in [0.1, 0.15) is 12.7 Å². The van der Waals surface area contributed by atoms with E-state index in [9.17, 15) is 10.1 Å². The summed E-state index contributed by atoms with van der Waals surface area (Å²) in [5.74, 6) is 1.56. The van der Waals surface area contributed by atoms with E-state index >= 15 is 0 Å². The zero-order valence-electron chi connectivity index (χ0n) is 16.9. The van der Waals surface area contributed by atoms with Crippen LogP contribution in [0.2, 0.25) is 0 Å². The van der Waals surface area contributed by atoms with Gasteiger partial charge in [0.05, 0.1) is 36.4 Å². The molecule has 30 heavy (non-hydrogen) atoms. The van der Waals surface area contributed by atoms with Crippen LogP contribution in [0, 0.1) is 10.1 Å². The van der Waals surface area contributed by atoms with E-state index < -0.39 is 4.92 Å². The van der Waals surface area contributed by atoms with E-state index in [1.165, 1.54) is 17.1 Å². The summed E-state index contributed by atoms with van der Waals surface area (Å²) in [5.41, 5.74) is 2.03. The molecule has 11 heteroatoms. The van der Waals surface area contributed by atoms with Gasteiger partial charge in [0, 0.05) is 13.6 Å². The molecule has 0 amide bonds. The lowest BCUT2D eigenvalue weighted by Crippen LogP contribution is -2.39. The molecule has 0 atom stereocenters. The van der Waals surface area contributed by atoms with Gasteiger partial charge >= 0.3 is 5.69 Å². The quantitative estimate of drug-likeness (QED) is 0.154. The van der Waals surface area contributed by atoms with E-state index in [-0.39, 0.29) is 29.7 Å². The van der Waals surface area contributed by atoms with Crippen molar-refractivity contribution in [3.63, 3.8) is 0 Å². The number of hydrogen-bond donors (Lipinski definition) is 2. The Morgan fingerprint density at radius 1 is 1.33 bits per heavy atom. The second-order valence-electron chi connectivity index (χ2n) is 6.42. The number of aliphatic imine (C=N–C) groups is 1. The van der Waals surface area contributed by atoms with Crippen molar-refractivity contribution in [3.05, 3.63) is 64.9 Å². The first-order valence-electron chi connectivity index (χ1n) is 9.32. The molecule has 3 rings (SSSR count). The molecule has 0 aliphatic rings. The third-order valence-electron chi connectivity index (χ3n) is 4.22. The Morgan fingerprint density at radius 2 is 2.10 bits per heavy atom. The van der Waals surface area contributed by atoms with Crippen LogP contribution >= 0.6 is 24.0 Å². The summed E-state index contributed by atoms with van der Waals surface area (Å²) < 4.78 is 1.52. The van der Waals surface area contributed by atoms with E-state index in [2.05, 4.69) is 25.4 Å². The Labute approximate surface area is 191 Å². The fraction of sp³-hybridized carbons (Fsp3) is 0.316. The minimum atomic E-state index is -0.461. The number of H-pyrrole nitrogens is 1. The zero-order valence-corrected chi connectivity index (χ0v) is 19.2. The van der Waals surface area contributed by atoms with Crippen molar-refractivity contribution in [3.8, 4) is 11.3 Å². The van der Waals surface area contributed by atoms with Crippen LogP contribution in [0.4, 0.5) is 5.69 Å². The Morgan fingerprint density at radius 3 is 2.77 bits per heavy atom. The van der Waals surface area contributed by atoms with Crippen molar-refractivity contribution in [2.75, 3.05) is 20.1 Å². The Kier molecular flexibility index (Phi) is 8.77. The number of nitrogens with one attached hydrogen (secondary N) is 2. The summed E-state index contributed by atoms with van der Waals surface area (Å²) in [7, 11) is 1.94. The number of aromatic nitrogens is 4. The summed E-state index contributed by atoms with van der Waals surface area (Å²) in [6, 6.07) is 10.0. The SMILES string of the molecule is CCNC(=NCCn1cc([N+](=O)[O-])cn1)N(C)Cc1ncc(-c2ccccc2)[nH]1.I. The first-order chi connectivity index (χ1) is 14.1. The fourth-order valence-electron chi connectivity index (χ4n) is 2.80. The summed E-state index contributed by atoms with van der Waals surface area (Å²) >= 11 is 0. The highest BCUT2D eigenvalue weighted by molar-refractivity contribution is 14.0. The average Bonchev–Trinajstić information content (AvgIpc) is 3.38. The number of nitrogens with zero attached hydrogens (tertiary/aromatic N) is 6. The van der Waals surface area contributed by atoms with Gasteiger partial charge in [-0.25, -0.2) is 4.98 Å². The molecule has 0 saturated heterocycles. The molecule has 3 aromatic rings. The van der Waals surface area contributed by atoms with Gasteiger partial charge in [0.15, 0.2) is 5.96 Å². The maximum Gasteiger partial charge on any atom is 0.306 e. The summed E-state index contributed by atoms with van der Waals surface area (Å²) in [4.78, 5) is 24.6. The molecule has 2 aromatic heterocycles. The molecule has 10 nitrogen and oxygen atoms in total. The lowest BCUT2D eigenvalue weighted by molar-refractivity contribution is -0.385. The number of benzene rings is 1. The minimum absolute atomic E-state index is 0. The van der Waals surface area contributed by atoms with E-state index in [1.54, 1.807) is 0 Å². The van der Waals surface area contributed by atoms with Crippen LogP contribution in [0.5, 0.6) is 0 Å². The third-order valence-corrected chi connectivity index (χ3v) is 4.22. The maximum atomic E-state index is 10.7. The summed E-state index contributed by atoms with van der Waals surface area (Å²) in [5, 5.41) is 18.0. The molecule has 2 N–H and O–H groups in total. The Balaban J connectivity index is 0.00000320. The second-order valence-corrected chi connectivity index (χ2v) is 6.42. The lowest BCUT2D eigenvalue weighted by atomic mass is 10.2. The monoisotopic (exact) mass is 524 g/mol. The summed E-state index contributed by atoms with van der Waals surface area (Å²) in [6.45, 7) is 4.19. The molecular formula is C19H25IN8O2. The van der Waals surface area contributed by atoms with Crippen LogP contribution in [-0.2, 0) is 13.1 Å². The van der Waals surface area contributed by atoms with Crippen molar-refractivity contribution < 1.29 is 4.92 Å². The standard InChI is InChI=1S/C19H24N8O2.HI/c1-3-20-19(21-9-10-26-13-16(11-23-26)27(28)29)25(2)14-18-22-12-17(24-18)15-7-5-4-6-8-15;/h4-8,11-13H,3,9-10,14H2,1-2H3,(H,20,21)(H,22,24);1H. The number of halogens is 1. The van der Waals surface area contributed by atoms with Crippen molar-refractivity contribution in [1.82, 2.24) is 30.0 Å². The molecule has 0 aliphatic heterocycles. The molecular weight excluding hydrogens is 499 g/mol. The molecule has 0 radical (unpaired) electrons. The predicted octanol–water partition coefficient (Wildman–Crippen LogP) is 2.90. The molecule has 160 valence electrons. The van der Waals surface area contributed by atoms with Gasteiger partial charge in [0.1, 0.15) is 18.2 Å². The van der Waals surface area contributed by atoms with E-state index in [0.717, 1.165) is 29.6 Å². The predicted molar refractivity (Wildman–Crippen MR) is 126 cm³/mol. The van der Waals surface area contributed by atoms with Gasteiger partial charge < -0.3 is 15.2 Å². The van der Waals surface area contributed by atoms with Gasteiger partial charge in [-0.1, -0.05) is 30.3 Å². The smallest absolute Gasteiger partial charge is 0.306 e. The molecule has 0 unspecified atom stereocenters. The van der Waals surface area contributed by atoms with E-state index in [4.69, 9.17) is 0 Å². The van der Waals surface area contributed by atoms with Gasteiger partial charge in [-0.2, -0.15) is 5.10 Å². The van der Waals surface area contributed by atoms with Crippen LogP contribution in [-0.4, -0.2) is 55.7 Å². The number of hydrogen-bond acceptors (Lipinski definition) is 5. The van der Waals surface area contributed by atoms with E-state index in [0.29, 0.717) is 19.6 Å². The van der Waals surface area contributed by atoms with Crippen LogP contribution in [0.25, 0.3) is 11.3 Å². The molecule has 0 spiro atoms. The largest absolute Gasteiger partial charge is 0.357 e. The van der Waals surface area contributed by atoms with Crippen molar-refractivity contribution in [1.29, 1.82) is 0 Å². The van der Waals surface area contributed by atoms with Gasteiger partial charge in [0.2, 0.25) is 0 Å². The molecule has 0 bridgehead atoms. The normalized spacial score (nSPS) is 11.1. The molecule has 1 aromatic carbocycles. The minimum Gasteiger partial charge on any atom is -0.357 e. The molecule has 0 saturated carbocycles. The number of aromatic amines is 1. The fourth-order valence-corrected chi connectivity index (χ4v) is 2.80. The van der Waals surface area contributed by atoms with Crippen molar-refractivity contribution >= 4 is 35.6 Å². The number of rotatable bonds is 8. The van der Waals surface area contributed by atoms with Crippen molar-refractivity contribution in [2.45, 2.75) is 20.0 Å². The number of imidazole rings is 1. The molecule has 0 fully saturated rings. The Bertz CT molecular complexity index is 970. The second kappa shape index (κ2) is 11.3. The van der Waals surface area contributed by atoms with Gasteiger partial charge in [0.25, 0.3) is 0 Å². The third kappa shape index (κ3) is 6.27. The highest BCUT2D eigenvalue weighted by Gasteiger charge is 2.11. The molecule has 0 aliphatic carbocycles. The van der Waals surface area contributed by atoms with Crippen LogP contribution in [0.3, 0.4) is 0 Å². The number of nitro groups is 1. The van der Waals surface area contributed by atoms with Gasteiger partial charge in [-0.05, 0) is 12.5 Å². The number of guanidine groups is 1. The van der Waals surface area contributed by atoms with Crippen molar-refractivity contribution in [2.24, 2.45) is 4.99 Å². The van der Waals surface area contributed by atoms with E-state index in [1.807, 2.05) is 55.4 Å². The topological polar surface area (TPSA) is 117 Å².